The van der Waals surface area contributed by atoms with Crippen molar-refractivity contribution in [2.75, 3.05) is 10.6 Å². The number of amides is 2. The lowest BCUT2D eigenvalue weighted by Crippen LogP contribution is -2.26. The standard InChI is InChI=1S/C25H25ClN6O2/c1-15-10-17(25(34)28-15)11-18-14-27-32-22(31-24(33)16-6-3-2-4-7-16)13-21(30-23(18)32)29-20-9-5-8-19(26)12-20/h5,8-9,11-14,16H,1-4,6-7,10H2,(H,28,34)(H,29,30)(H,31,33)/b17-11+. The third-order valence-electron chi connectivity index (χ3n) is 6.14. The molecule has 34 heavy (non-hydrogen) atoms. The lowest BCUT2D eigenvalue weighted by atomic mass is 9.89. The van der Waals surface area contributed by atoms with E-state index < -0.39 is 0 Å². The fourth-order valence-electron chi connectivity index (χ4n) is 4.44. The van der Waals surface area contributed by atoms with Gasteiger partial charge in [0, 0.05) is 45.9 Å². The molecule has 0 atom stereocenters. The number of aromatic nitrogens is 3. The Hall–Kier alpha value is -3.65. The summed E-state index contributed by atoms with van der Waals surface area (Å²) in [5, 5.41) is 14.1. The number of fused-ring (bicyclic) bond motifs is 1. The summed E-state index contributed by atoms with van der Waals surface area (Å²) in [6.07, 6.45) is 8.95. The minimum Gasteiger partial charge on any atom is -0.340 e. The van der Waals surface area contributed by atoms with Gasteiger partial charge in [-0.15, -0.1) is 0 Å². The maximum Gasteiger partial charge on any atom is 0.251 e. The van der Waals surface area contributed by atoms with Gasteiger partial charge in [0.2, 0.25) is 5.91 Å². The molecule has 1 aromatic carbocycles. The zero-order valence-electron chi connectivity index (χ0n) is 18.6. The van der Waals surface area contributed by atoms with E-state index in [-0.39, 0.29) is 17.7 Å². The molecule has 2 aliphatic rings. The molecule has 2 amide bonds. The molecule has 3 heterocycles. The van der Waals surface area contributed by atoms with Gasteiger partial charge in [-0.3, -0.25) is 9.59 Å². The van der Waals surface area contributed by atoms with Gasteiger partial charge in [-0.2, -0.15) is 9.61 Å². The van der Waals surface area contributed by atoms with Gasteiger partial charge in [0.05, 0.1) is 6.20 Å². The molecule has 3 aromatic rings. The molecule has 0 spiro atoms. The van der Waals surface area contributed by atoms with Crippen LogP contribution in [0.5, 0.6) is 0 Å². The summed E-state index contributed by atoms with van der Waals surface area (Å²) in [5.41, 5.74) is 3.19. The lowest BCUT2D eigenvalue weighted by Gasteiger charge is -2.21. The minimum atomic E-state index is -0.177. The second kappa shape index (κ2) is 9.30. The number of rotatable bonds is 5. The van der Waals surface area contributed by atoms with E-state index in [4.69, 9.17) is 16.6 Å². The first-order chi connectivity index (χ1) is 16.5. The van der Waals surface area contributed by atoms with E-state index in [9.17, 15) is 9.59 Å². The Bertz CT molecular complexity index is 1320. The van der Waals surface area contributed by atoms with Crippen LogP contribution >= 0.6 is 11.6 Å². The van der Waals surface area contributed by atoms with Crippen molar-refractivity contribution in [3.8, 4) is 0 Å². The summed E-state index contributed by atoms with van der Waals surface area (Å²) < 4.78 is 1.60. The second-order valence-corrected chi connectivity index (χ2v) is 9.16. The Kier molecular flexibility index (Phi) is 6.06. The van der Waals surface area contributed by atoms with E-state index in [1.165, 1.54) is 6.42 Å². The van der Waals surface area contributed by atoms with Gasteiger partial charge >= 0.3 is 0 Å². The molecule has 2 aromatic heterocycles. The zero-order chi connectivity index (χ0) is 23.7. The van der Waals surface area contributed by atoms with Crippen LogP contribution in [0.1, 0.15) is 44.1 Å². The number of nitrogens with zero attached hydrogens (tertiary/aromatic N) is 3. The van der Waals surface area contributed by atoms with E-state index in [1.807, 2.05) is 12.1 Å². The highest BCUT2D eigenvalue weighted by atomic mass is 35.5. The van der Waals surface area contributed by atoms with Gasteiger partial charge in [-0.1, -0.05) is 43.5 Å². The molecule has 1 saturated carbocycles. The molecule has 2 fully saturated rings. The quantitative estimate of drug-likeness (QED) is 0.447. The van der Waals surface area contributed by atoms with Crippen molar-refractivity contribution in [2.24, 2.45) is 5.92 Å². The highest BCUT2D eigenvalue weighted by molar-refractivity contribution is 6.30. The number of halogens is 1. The number of benzene rings is 1. The predicted octanol–water partition coefficient (Wildman–Crippen LogP) is 5.06. The highest BCUT2D eigenvalue weighted by Gasteiger charge is 2.24. The van der Waals surface area contributed by atoms with E-state index in [0.717, 1.165) is 31.4 Å². The maximum absolute atomic E-state index is 13.0. The smallest absolute Gasteiger partial charge is 0.251 e. The second-order valence-electron chi connectivity index (χ2n) is 8.73. The van der Waals surface area contributed by atoms with Crippen molar-refractivity contribution in [3.63, 3.8) is 0 Å². The van der Waals surface area contributed by atoms with Crippen LogP contribution in [0.2, 0.25) is 5.02 Å². The molecule has 174 valence electrons. The molecule has 9 heteroatoms. The Morgan fingerprint density at radius 3 is 2.79 bits per heavy atom. The van der Waals surface area contributed by atoms with Crippen molar-refractivity contribution < 1.29 is 9.59 Å². The van der Waals surface area contributed by atoms with Crippen LogP contribution in [0.3, 0.4) is 0 Å². The summed E-state index contributed by atoms with van der Waals surface area (Å²) in [4.78, 5) is 29.9. The fraction of sp³-hybridized carbons (Fsp3) is 0.280. The summed E-state index contributed by atoms with van der Waals surface area (Å²) >= 11 is 6.14. The van der Waals surface area contributed by atoms with Crippen LogP contribution in [-0.4, -0.2) is 26.4 Å². The normalized spacial score (nSPS) is 17.9. The number of nitrogens with one attached hydrogen (secondary N) is 3. The van der Waals surface area contributed by atoms with Gasteiger partial charge in [-0.05, 0) is 37.1 Å². The number of carbonyl (C=O) groups is 2. The number of allylic oxidation sites excluding steroid dienone is 1. The first-order valence-corrected chi connectivity index (χ1v) is 11.8. The fourth-order valence-corrected chi connectivity index (χ4v) is 4.63. The minimum absolute atomic E-state index is 0.00773. The SMILES string of the molecule is C=C1C/C(=C\c2cnn3c(NC(=O)C4CCCCC4)cc(Nc4cccc(Cl)c4)nc23)C(=O)N1. The van der Waals surface area contributed by atoms with Gasteiger partial charge in [0.1, 0.15) is 11.6 Å². The maximum atomic E-state index is 13.0. The van der Waals surface area contributed by atoms with Crippen molar-refractivity contribution in [2.45, 2.75) is 38.5 Å². The van der Waals surface area contributed by atoms with E-state index in [2.05, 4.69) is 27.6 Å². The van der Waals surface area contributed by atoms with Crippen molar-refractivity contribution in [3.05, 3.63) is 65.0 Å². The first-order valence-electron chi connectivity index (χ1n) is 11.4. The van der Waals surface area contributed by atoms with Gasteiger partial charge in [0.15, 0.2) is 5.65 Å². The Morgan fingerprint density at radius 2 is 2.06 bits per heavy atom. The average Bonchev–Trinajstić information content (AvgIpc) is 3.36. The van der Waals surface area contributed by atoms with Crippen LogP contribution in [0.4, 0.5) is 17.3 Å². The van der Waals surface area contributed by atoms with Crippen LogP contribution in [0, 0.1) is 5.92 Å². The molecule has 0 bridgehead atoms. The summed E-state index contributed by atoms with van der Waals surface area (Å²) in [6, 6.07) is 9.06. The van der Waals surface area contributed by atoms with Gasteiger partial charge < -0.3 is 16.0 Å². The molecular formula is C25H25ClN6O2. The zero-order valence-corrected chi connectivity index (χ0v) is 19.4. The van der Waals surface area contributed by atoms with Crippen LogP contribution in [-0.2, 0) is 9.59 Å². The largest absolute Gasteiger partial charge is 0.340 e. The Morgan fingerprint density at radius 1 is 1.24 bits per heavy atom. The highest BCUT2D eigenvalue weighted by Crippen LogP contribution is 2.28. The first kappa shape index (κ1) is 22.2. The number of carbonyl (C=O) groups excluding carboxylic acids is 2. The third-order valence-corrected chi connectivity index (χ3v) is 6.37. The van der Waals surface area contributed by atoms with Crippen molar-refractivity contribution >= 4 is 52.5 Å². The van der Waals surface area contributed by atoms with Crippen molar-refractivity contribution in [1.82, 2.24) is 19.9 Å². The van der Waals surface area contributed by atoms with Crippen LogP contribution < -0.4 is 16.0 Å². The Labute approximate surface area is 202 Å². The molecule has 0 radical (unpaired) electrons. The summed E-state index contributed by atoms with van der Waals surface area (Å²) in [7, 11) is 0. The van der Waals surface area contributed by atoms with Crippen LogP contribution in [0.25, 0.3) is 11.7 Å². The van der Waals surface area contributed by atoms with Gasteiger partial charge in [0.25, 0.3) is 5.91 Å². The monoisotopic (exact) mass is 476 g/mol. The number of hydrogen-bond acceptors (Lipinski definition) is 5. The number of hydrogen-bond donors (Lipinski definition) is 3. The molecule has 5 rings (SSSR count). The number of anilines is 3. The molecular weight excluding hydrogens is 452 g/mol. The topological polar surface area (TPSA) is 100 Å². The predicted molar refractivity (Wildman–Crippen MR) is 133 cm³/mol. The van der Waals surface area contributed by atoms with E-state index in [1.54, 1.807) is 35.0 Å². The Balaban J connectivity index is 1.54. The third kappa shape index (κ3) is 4.68. The molecule has 8 nitrogen and oxygen atoms in total. The van der Waals surface area contributed by atoms with E-state index >= 15 is 0 Å². The summed E-state index contributed by atoms with van der Waals surface area (Å²) in [5.74, 6) is 0.835. The molecule has 1 aliphatic heterocycles. The molecule has 0 unspecified atom stereocenters. The molecule has 3 N–H and O–H groups in total. The average molecular weight is 477 g/mol. The van der Waals surface area contributed by atoms with Gasteiger partial charge in [-0.25, -0.2) is 4.98 Å². The van der Waals surface area contributed by atoms with E-state index in [0.29, 0.717) is 45.6 Å². The molecule has 1 aliphatic carbocycles. The lowest BCUT2D eigenvalue weighted by molar-refractivity contribution is -0.120. The van der Waals surface area contributed by atoms with Crippen molar-refractivity contribution in [1.29, 1.82) is 0 Å². The summed E-state index contributed by atoms with van der Waals surface area (Å²) in [6.45, 7) is 3.83. The van der Waals surface area contributed by atoms with Crippen LogP contribution in [0.15, 0.2) is 54.4 Å². The molecule has 1 saturated heterocycles.